The molecule has 0 spiro atoms. The molecule has 2 rings (SSSR count). The quantitative estimate of drug-likeness (QED) is 0.236. The molecule has 0 radical (unpaired) electrons. The number of nitrogens with one attached hydrogen (secondary N) is 4. The number of carboxylic acids is 1. The number of hydrogen-bond donors (Lipinski definition) is 6. The first-order valence-corrected chi connectivity index (χ1v) is 12.9. The molecule has 0 aliphatic rings. The summed E-state index contributed by atoms with van der Waals surface area (Å²) < 4.78 is 0. The van der Waals surface area contributed by atoms with Crippen LogP contribution in [-0.2, 0) is 25.6 Å². The van der Waals surface area contributed by atoms with Crippen LogP contribution in [0.4, 0.5) is 0 Å². The van der Waals surface area contributed by atoms with Crippen LogP contribution in [0.3, 0.4) is 0 Å². The minimum Gasteiger partial charge on any atom is -0.480 e. The van der Waals surface area contributed by atoms with Gasteiger partial charge in [-0.15, -0.1) is 0 Å². The van der Waals surface area contributed by atoms with Crippen LogP contribution in [0.5, 0.6) is 0 Å². The number of thioether (sulfide) groups is 1. The van der Waals surface area contributed by atoms with E-state index in [0.29, 0.717) is 12.2 Å². The molecule has 1 aromatic heterocycles. The molecule has 0 bridgehead atoms. The lowest BCUT2D eigenvalue weighted by atomic mass is 10.0. The summed E-state index contributed by atoms with van der Waals surface area (Å²) in [5.74, 6) is -2.42. The average Bonchev–Trinajstić information content (AvgIpc) is 3.22. The SMILES string of the molecule is CSCCC(N)C(=O)NC(C)C(=O)NC(C(=O)NC(Cc1c[nH]c2ccccc12)C(=O)O)C(C)C. The van der Waals surface area contributed by atoms with Crippen molar-refractivity contribution in [2.45, 2.75) is 57.8 Å². The zero-order valence-electron chi connectivity index (χ0n) is 20.5. The Morgan fingerprint density at radius 1 is 1.03 bits per heavy atom. The highest BCUT2D eigenvalue weighted by Crippen LogP contribution is 2.19. The number of carboxylic acid groups (broad SMARTS) is 1. The molecule has 4 atom stereocenters. The highest BCUT2D eigenvalue weighted by Gasteiger charge is 2.31. The van der Waals surface area contributed by atoms with Crippen molar-refractivity contribution in [3.05, 3.63) is 36.0 Å². The maximum absolute atomic E-state index is 13.0. The Balaban J connectivity index is 2.03. The standard InChI is InChI=1S/C24H35N5O5S/c1-13(2)20(29-21(30)14(3)27-22(31)17(25)9-10-35-4)23(32)28-19(24(33)34)11-15-12-26-18-8-6-5-7-16(15)18/h5-8,12-14,17,19-20,26H,9-11,25H2,1-4H3,(H,27,31)(H,28,32)(H,29,30)(H,33,34). The molecule has 0 fully saturated rings. The minimum absolute atomic E-state index is 0.0737. The average molecular weight is 506 g/mol. The molecular formula is C24H35N5O5S. The molecule has 1 aromatic carbocycles. The highest BCUT2D eigenvalue weighted by molar-refractivity contribution is 7.98. The van der Waals surface area contributed by atoms with Gasteiger partial charge in [0.2, 0.25) is 17.7 Å². The normalized spacial score (nSPS) is 14.7. The molecule has 0 aliphatic carbocycles. The molecule has 10 nitrogen and oxygen atoms in total. The van der Waals surface area contributed by atoms with Crippen molar-refractivity contribution in [3.63, 3.8) is 0 Å². The van der Waals surface area contributed by atoms with E-state index in [0.717, 1.165) is 16.5 Å². The van der Waals surface area contributed by atoms with Gasteiger partial charge in [0.05, 0.1) is 6.04 Å². The fraction of sp³-hybridized carbons (Fsp3) is 0.500. The topological polar surface area (TPSA) is 166 Å². The fourth-order valence-corrected chi connectivity index (χ4v) is 4.05. The van der Waals surface area contributed by atoms with E-state index >= 15 is 0 Å². The molecule has 4 unspecified atom stereocenters. The maximum Gasteiger partial charge on any atom is 0.326 e. The summed E-state index contributed by atoms with van der Waals surface area (Å²) in [5, 5.41) is 18.3. The van der Waals surface area contributed by atoms with Crippen molar-refractivity contribution < 1.29 is 24.3 Å². The Morgan fingerprint density at radius 3 is 2.34 bits per heavy atom. The van der Waals surface area contributed by atoms with Crippen LogP contribution < -0.4 is 21.7 Å². The third kappa shape index (κ3) is 8.00. The number of aromatic amines is 1. The summed E-state index contributed by atoms with van der Waals surface area (Å²) in [5.41, 5.74) is 7.47. The lowest BCUT2D eigenvalue weighted by molar-refractivity contribution is -0.142. The molecule has 3 amide bonds. The Labute approximate surface area is 209 Å². The van der Waals surface area contributed by atoms with Crippen LogP contribution in [0.1, 0.15) is 32.8 Å². The number of aromatic nitrogens is 1. The molecule has 2 aromatic rings. The molecule has 7 N–H and O–H groups in total. The van der Waals surface area contributed by atoms with Crippen molar-refractivity contribution >= 4 is 46.4 Å². The highest BCUT2D eigenvalue weighted by atomic mass is 32.2. The first-order valence-electron chi connectivity index (χ1n) is 11.5. The summed E-state index contributed by atoms with van der Waals surface area (Å²) in [6.07, 6.45) is 4.19. The number of hydrogen-bond acceptors (Lipinski definition) is 6. The molecular weight excluding hydrogens is 470 g/mol. The van der Waals surface area contributed by atoms with E-state index in [1.165, 1.54) is 6.92 Å². The van der Waals surface area contributed by atoms with Crippen molar-refractivity contribution in [3.8, 4) is 0 Å². The van der Waals surface area contributed by atoms with Gasteiger partial charge < -0.3 is 31.8 Å². The second kappa shape index (κ2) is 13.1. The third-order valence-corrected chi connectivity index (χ3v) is 6.33. The Hall–Kier alpha value is -3.05. The fourth-order valence-electron chi connectivity index (χ4n) is 3.56. The van der Waals surface area contributed by atoms with Gasteiger partial charge in [-0.1, -0.05) is 32.0 Å². The van der Waals surface area contributed by atoms with E-state index in [-0.39, 0.29) is 12.3 Å². The van der Waals surface area contributed by atoms with Crippen molar-refractivity contribution in [1.29, 1.82) is 0 Å². The van der Waals surface area contributed by atoms with Gasteiger partial charge >= 0.3 is 5.97 Å². The molecule has 0 aliphatic heterocycles. The number of H-pyrrole nitrogens is 1. The van der Waals surface area contributed by atoms with E-state index in [1.807, 2.05) is 30.5 Å². The zero-order chi connectivity index (χ0) is 26.1. The summed E-state index contributed by atoms with van der Waals surface area (Å²) in [6, 6.07) is 3.66. The van der Waals surface area contributed by atoms with Gasteiger partial charge in [0.15, 0.2) is 0 Å². The van der Waals surface area contributed by atoms with Crippen LogP contribution in [0.15, 0.2) is 30.5 Å². The summed E-state index contributed by atoms with van der Waals surface area (Å²) in [6.45, 7) is 4.98. The van der Waals surface area contributed by atoms with Gasteiger partial charge in [-0.05, 0) is 42.9 Å². The predicted molar refractivity (Wildman–Crippen MR) is 137 cm³/mol. The largest absolute Gasteiger partial charge is 0.480 e. The summed E-state index contributed by atoms with van der Waals surface area (Å²) in [4.78, 5) is 52.9. The number of carbonyl (C=O) groups is 4. The monoisotopic (exact) mass is 505 g/mol. The van der Waals surface area contributed by atoms with Crippen LogP contribution in [-0.4, -0.2) is 70.0 Å². The number of fused-ring (bicyclic) bond motifs is 1. The first-order chi connectivity index (χ1) is 16.5. The molecule has 35 heavy (non-hydrogen) atoms. The Morgan fingerprint density at radius 2 is 1.71 bits per heavy atom. The maximum atomic E-state index is 13.0. The van der Waals surface area contributed by atoms with E-state index < -0.39 is 47.9 Å². The number of rotatable bonds is 13. The molecule has 11 heteroatoms. The van der Waals surface area contributed by atoms with Crippen molar-refractivity contribution in [1.82, 2.24) is 20.9 Å². The van der Waals surface area contributed by atoms with Crippen molar-refractivity contribution in [2.75, 3.05) is 12.0 Å². The van der Waals surface area contributed by atoms with E-state index in [9.17, 15) is 24.3 Å². The van der Waals surface area contributed by atoms with Crippen LogP contribution in [0.2, 0.25) is 0 Å². The number of aliphatic carboxylic acids is 1. The third-order valence-electron chi connectivity index (χ3n) is 5.68. The number of carbonyl (C=O) groups excluding carboxylic acids is 3. The van der Waals surface area contributed by atoms with Gasteiger partial charge in [0, 0.05) is 23.5 Å². The lowest BCUT2D eigenvalue weighted by Gasteiger charge is -2.26. The lowest BCUT2D eigenvalue weighted by Crippen LogP contribution is -2.58. The van der Waals surface area contributed by atoms with Crippen LogP contribution in [0, 0.1) is 5.92 Å². The Bertz CT molecular complexity index is 1040. The molecule has 0 saturated heterocycles. The van der Waals surface area contributed by atoms with Crippen LogP contribution >= 0.6 is 11.8 Å². The minimum atomic E-state index is -1.19. The van der Waals surface area contributed by atoms with E-state index in [1.54, 1.807) is 31.8 Å². The summed E-state index contributed by atoms with van der Waals surface area (Å²) >= 11 is 1.57. The molecule has 0 saturated carbocycles. The van der Waals surface area contributed by atoms with Crippen molar-refractivity contribution in [2.24, 2.45) is 11.7 Å². The van der Waals surface area contributed by atoms with Crippen LogP contribution in [0.25, 0.3) is 10.9 Å². The van der Waals surface area contributed by atoms with Gasteiger partial charge in [-0.2, -0.15) is 11.8 Å². The number of para-hydroxylation sites is 1. The van der Waals surface area contributed by atoms with Gasteiger partial charge in [-0.25, -0.2) is 4.79 Å². The molecule has 192 valence electrons. The number of benzene rings is 1. The number of nitrogens with two attached hydrogens (primary N) is 1. The summed E-state index contributed by atoms with van der Waals surface area (Å²) in [7, 11) is 0. The molecule has 1 heterocycles. The number of amides is 3. The second-order valence-electron chi connectivity index (χ2n) is 8.81. The van der Waals surface area contributed by atoms with Gasteiger partial charge in [0.25, 0.3) is 0 Å². The zero-order valence-corrected chi connectivity index (χ0v) is 21.3. The van der Waals surface area contributed by atoms with E-state index in [4.69, 9.17) is 5.73 Å². The smallest absolute Gasteiger partial charge is 0.326 e. The second-order valence-corrected chi connectivity index (χ2v) is 9.80. The van der Waals surface area contributed by atoms with Gasteiger partial charge in [0.1, 0.15) is 18.1 Å². The first kappa shape index (κ1) is 28.2. The van der Waals surface area contributed by atoms with Gasteiger partial charge in [-0.3, -0.25) is 14.4 Å². The Kier molecular flexibility index (Phi) is 10.6. The van der Waals surface area contributed by atoms with E-state index in [2.05, 4.69) is 20.9 Å². The predicted octanol–water partition coefficient (Wildman–Crippen LogP) is 1.01.